The molecule has 10 N–H and O–H groups in total. The lowest BCUT2D eigenvalue weighted by Gasteiger charge is -2.35. The third-order valence-electron chi connectivity index (χ3n) is 1.45. The Kier molecular flexibility index (Phi) is 3.60. The van der Waals surface area contributed by atoms with Gasteiger partial charge in [0.1, 0.15) is 0 Å². The summed E-state index contributed by atoms with van der Waals surface area (Å²) in [6.07, 6.45) is -3.41. The van der Waals surface area contributed by atoms with E-state index in [0.717, 1.165) is 0 Å². The highest BCUT2D eigenvalue weighted by Gasteiger charge is 2.48. The van der Waals surface area contributed by atoms with Gasteiger partial charge in [0.2, 0.25) is 5.79 Å². The van der Waals surface area contributed by atoms with Crippen molar-refractivity contribution in [2.24, 2.45) is 11.5 Å². The van der Waals surface area contributed by atoms with Gasteiger partial charge in [-0.2, -0.15) is 0 Å². The quantitative estimate of drug-likeness (QED) is 0.216. The van der Waals surface area contributed by atoms with Crippen molar-refractivity contribution in [2.45, 2.75) is 36.9 Å². The van der Waals surface area contributed by atoms with Gasteiger partial charge in [-0.25, -0.2) is 0 Å². The number of hydrogen-bond donors (Lipinski definition) is 8. The van der Waals surface area contributed by atoms with Crippen LogP contribution in [0.5, 0.6) is 0 Å². The monoisotopic (exact) mass is 212 g/mol. The molecule has 0 aromatic heterocycles. The molecule has 0 spiro atoms. The lowest BCUT2D eigenvalue weighted by atomic mass is 9.97. The Hall–Kier alpha value is -0.320. The Bertz CT molecular complexity index is 193. The molecule has 8 nitrogen and oxygen atoms in total. The van der Waals surface area contributed by atoms with Crippen molar-refractivity contribution in [2.75, 3.05) is 0 Å². The minimum atomic E-state index is -3.64. The largest absolute Gasteiger partial charge is 0.380 e. The predicted molar refractivity (Wildman–Crippen MR) is 44.0 cm³/mol. The molecule has 0 aromatic rings. The van der Waals surface area contributed by atoms with Crippen LogP contribution < -0.4 is 11.5 Å². The zero-order chi connectivity index (χ0) is 11.8. The van der Waals surface area contributed by atoms with Crippen LogP contribution in [0.2, 0.25) is 0 Å². The van der Waals surface area contributed by atoms with E-state index < -0.39 is 29.9 Å². The van der Waals surface area contributed by atoms with Crippen LogP contribution in [0, 0.1) is 0 Å². The predicted octanol–water partition coefficient (Wildman–Crippen LogP) is -4.32. The Morgan fingerprint density at radius 2 is 1.43 bits per heavy atom. The van der Waals surface area contributed by atoms with Gasteiger partial charge in [0, 0.05) is 6.42 Å². The molecule has 1 unspecified atom stereocenters. The first kappa shape index (κ1) is 13.7. The molecule has 0 radical (unpaired) electrons. The van der Waals surface area contributed by atoms with Crippen LogP contribution >= 0.6 is 0 Å². The second-order valence-electron chi connectivity index (χ2n) is 3.65. The molecule has 0 saturated carbocycles. The molecule has 86 valence electrons. The van der Waals surface area contributed by atoms with Gasteiger partial charge in [-0.05, 0) is 6.92 Å². The first-order valence-electron chi connectivity index (χ1n) is 3.74. The average Bonchev–Trinajstić information content (AvgIpc) is 1.78. The summed E-state index contributed by atoms with van der Waals surface area (Å²) in [6.45, 7) is 1.22. The van der Waals surface area contributed by atoms with Crippen LogP contribution in [-0.2, 0) is 0 Å². The second kappa shape index (κ2) is 3.68. The summed E-state index contributed by atoms with van der Waals surface area (Å²) >= 11 is 0. The molecule has 0 aliphatic carbocycles. The lowest BCUT2D eigenvalue weighted by molar-refractivity contribution is -0.406. The van der Waals surface area contributed by atoms with Crippen molar-refractivity contribution in [3.8, 4) is 0 Å². The highest BCUT2D eigenvalue weighted by atomic mass is 16.7. The van der Waals surface area contributed by atoms with E-state index in [1.807, 2.05) is 0 Å². The molecule has 0 saturated heterocycles. The third-order valence-corrected chi connectivity index (χ3v) is 1.45. The number of rotatable bonds is 4. The third kappa shape index (κ3) is 4.26. The Morgan fingerprint density at radius 3 is 1.64 bits per heavy atom. The van der Waals surface area contributed by atoms with E-state index in [1.54, 1.807) is 0 Å². The van der Waals surface area contributed by atoms with Gasteiger partial charge in [0.25, 0.3) is 0 Å². The second-order valence-corrected chi connectivity index (χ2v) is 3.65. The van der Waals surface area contributed by atoms with Gasteiger partial charge in [0.05, 0.1) is 5.66 Å². The molecular weight excluding hydrogens is 196 g/mol. The maximum atomic E-state index is 9.12. The molecule has 0 heterocycles. The van der Waals surface area contributed by atoms with Crippen molar-refractivity contribution in [3.05, 3.63) is 0 Å². The molecule has 0 rings (SSSR count). The highest BCUT2D eigenvalue weighted by Crippen LogP contribution is 2.22. The van der Waals surface area contributed by atoms with Crippen LogP contribution in [0.25, 0.3) is 0 Å². The normalized spacial score (nSPS) is 16.9. The van der Waals surface area contributed by atoms with Crippen LogP contribution in [-0.4, -0.2) is 54.2 Å². The maximum Gasteiger partial charge on any atom is 0.308 e. The summed E-state index contributed by atoms with van der Waals surface area (Å²) in [5.74, 6) is -6.66. The van der Waals surface area contributed by atoms with Crippen molar-refractivity contribution < 1.29 is 30.6 Å². The van der Waals surface area contributed by atoms with Crippen molar-refractivity contribution in [1.29, 1.82) is 0 Å². The average molecular weight is 212 g/mol. The first-order valence-corrected chi connectivity index (χ1v) is 3.74. The number of aliphatic hydroxyl groups excluding tert-OH is 1. The summed E-state index contributed by atoms with van der Waals surface area (Å²) < 4.78 is 0. The van der Waals surface area contributed by atoms with E-state index in [2.05, 4.69) is 0 Å². The molecular formula is C6H16N2O6. The van der Waals surface area contributed by atoms with E-state index >= 15 is 0 Å². The van der Waals surface area contributed by atoms with Crippen LogP contribution in [0.3, 0.4) is 0 Å². The molecule has 0 aliphatic rings. The summed E-state index contributed by atoms with van der Waals surface area (Å²) in [7, 11) is 0. The highest BCUT2D eigenvalue weighted by molar-refractivity contribution is 4.87. The topological polar surface area (TPSA) is 173 Å². The molecule has 8 heteroatoms. The number of hydrogen-bond acceptors (Lipinski definition) is 8. The van der Waals surface area contributed by atoms with Gasteiger partial charge in [-0.15, -0.1) is 0 Å². The first-order chi connectivity index (χ1) is 5.86. The fraction of sp³-hybridized carbons (Fsp3) is 1.00. The molecule has 0 aromatic carbocycles. The number of aliphatic hydroxyl groups is 6. The Balaban J connectivity index is 4.63. The zero-order valence-electron chi connectivity index (χ0n) is 7.62. The maximum absolute atomic E-state index is 9.12. The van der Waals surface area contributed by atoms with E-state index in [0.29, 0.717) is 0 Å². The van der Waals surface area contributed by atoms with E-state index in [9.17, 15) is 0 Å². The summed E-state index contributed by atoms with van der Waals surface area (Å²) in [4.78, 5) is 0. The smallest absolute Gasteiger partial charge is 0.308 e. The molecule has 0 bridgehead atoms. The van der Waals surface area contributed by atoms with Crippen molar-refractivity contribution in [1.82, 2.24) is 0 Å². The van der Waals surface area contributed by atoms with Crippen molar-refractivity contribution >= 4 is 0 Å². The summed E-state index contributed by atoms with van der Waals surface area (Å²) in [5.41, 5.74) is 8.85. The van der Waals surface area contributed by atoms with Gasteiger partial charge in [-0.1, -0.05) is 0 Å². The van der Waals surface area contributed by atoms with Gasteiger partial charge in [0.15, 0.2) is 6.10 Å². The van der Waals surface area contributed by atoms with E-state index in [-0.39, 0.29) is 0 Å². The molecule has 1 atom stereocenters. The summed E-state index contributed by atoms with van der Waals surface area (Å²) in [6, 6.07) is 0. The van der Waals surface area contributed by atoms with Gasteiger partial charge < -0.3 is 42.1 Å². The van der Waals surface area contributed by atoms with Crippen molar-refractivity contribution in [3.63, 3.8) is 0 Å². The Morgan fingerprint density at radius 1 is 1.07 bits per heavy atom. The van der Waals surface area contributed by atoms with Gasteiger partial charge >= 0.3 is 5.97 Å². The van der Waals surface area contributed by atoms with E-state index in [4.69, 9.17) is 42.1 Å². The van der Waals surface area contributed by atoms with Crippen LogP contribution in [0.15, 0.2) is 0 Å². The minimum Gasteiger partial charge on any atom is -0.380 e. The minimum absolute atomic E-state index is 0.773. The van der Waals surface area contributed by atoms with Gasteiger partial charge in [-0.3, -0.25) is 0 Å². The molecule has 0 amide bonds. The SMILES string of the molecule is CC(N)(N)CC(O)(O)C(O)C(O)(O)O. The fourth-order valence-corrected chi connectivity index (χ4v) is 0.967. The number of nitrogens with two attached hydrogens (primary N) is 2. The standard InChI is InChI=1S/C6H16N2O6/c1-4(7,8)2-5(10,11)3(9)6(12,13)14/h3,9-14H,2,7-8H2,1H3. The lowest BCUT2D eigenvalue weighted by Crippen LogP contribution is -2.62. The van der Waals surface area contributed by atoms with Crippen LogP contribution in [0.4, 0.5) is 0 Å². The van der Waals surface area contributed by atoms with Crippen LogP contribution in [0.1, 0.15) is 13.3 Å². The Labute approximate surface area is 80.0 Å². The molecule has 0 aliphatic heterocycles. The molecule has 14 heavy (non-hydrogen) atoms. The summed E-state index contributed by atoms with van der Waals surface area (Å²) in [5, 5.41) is 52.6. The fourth-order valence-electron chi connectivity index (χ4n) is 0.967. The molecule has 0 fully saturated rings. The zero-order valence-corrected chi connectivity index (χ0v) is 7.62. The van der Waals surface area contributed by atoms with E-state index in [1.165, 1.54) is 6.92 Å².